The second-order valence-corrected chi connectivity index (χ2v) is 5.91. The quantitative estimate of drug-likeness (QED) is 0.626. The third-order valence-corrected chi connectivity index (χ3v) is 3.90. The Hall–Kier alpha value is -2.67. The minimum absolute atomic E-state index is 0.609. The third-order valence-electron chi connectivity index (χ3n) is 3.66. The van der Waals surface area contributed by atoms with Gasteiger partial charge in [-0.2, -0.15) is 9.61 Å². The Balaban J connectivity index is 1.70. The summed E-state index contributed by atoms with van der Waals surface area (Å²) in [5.74, 6) is 0.858. The van der Waals surface area contributed by atoms with Gasteiger partial charge >= 0.3 is 0 Å². The van der Waals surface area contributed by atoms with Gasteiger partial charge in [-0.25, -0.2) is 4.98 Å². The molecule has 23 heavy (non-hydrogen) atoms. The van der Waals surface area contributed by atoms with Crippen molar-refractivity contribution in [3.8, 4) is 0 Å². The molecule has 0 saturated carbocycles. The summed E-state index contributed by atoms with van der Waals surface area (Å²) < 4.78 is 1.68. The van der Waals surface area contributed by atoms with Crippen LogP contribution in [-0.4, -0.2) is 36.8 Å². The maximum absolute atomic E-state index is 6.02. The zero-order valence-corrected chi connectivity index (χ0v) is 13.4. The van der Waals surface area contributed by atoms with Crippen molar-refractivity contribution < 1.29 is 0 Å². The average Bonchev–Trinajstić information content (AvgIpc) is 3.11. The molecule has 0 saturated heterocycles. The molecule has 0 bridgehead atoms. The van der Waals surface area contributed by atoms with Crippen LogP contribution in [-0.2, 0) is 6.54 Å². The van der Waals surface area contributed by atoms with Crippen LogP contribution in [0.1, 0.15) is 11.5 Å². The Kier molecular flexibility index (Phi) is 3.16. The van der Waals surface area contributed by atoms with Gasteiger partial charge in [0.2, 0.25) is 5.65 Å². The Labute approximate surface area is 136 Å². The summed E-state index contributed by atoms with van der Waals surface area (Å²) in [6, 6.07) is 7.61. The van der Waals surface area contributed by atoms with E-state index in [9.17, 15) is 0 Å². The molecule has 3 aromatic heterocycles. The van der Waals surface area contributed by atoms with E-state index in [2.05, 4.69) is 30.2 Å². The predicted octanol–water partition coefficient (Wildman–Crippen LogP) is 2.60. The number of fused-ring (bicyclic) bond motifs is 2. The molecular formula is C15H14ClN7. The molecule has 0 atom stereocenters. The number of aryl methyl sites for hydroxylation is 1. The molecule has 0 radical (unpaired) electrons. The van der Waals surface area contributed by atoms with Gasteiger partial charge in [0, 0.05) is 12.1 Å². The number of imidazole rings is 1. The summed E-state index contributed by atoms with van der Waals surface area (Å²) in [7, 11) is 1.99. The van der Waals surface area contributed by atoms with Crippen molar-refractivity contribution in [3.63, 3.8) is 0 Å². The van der Waals surface area contributed by atoms with Crippen molar-refractivity contribution >= 4 is 34.0 Å². The van der Waals surface area contributed by atoms with Crippen LogP contribution < -0.4 is 4.90 Å². The standard InChI is InChI=1S/C15H14ClN7/c1-9-5-13(15-20-17-8-23(15)21-9)22(2)7-14-18-11-4-3-10(16)6-12(11)19-14/h3-6,8H,7H2,1-2H3,(H,18,19). The van der Waals surface area contributed by atoms with Gasteiger partial charge in [0.15, 0.2) is 0 Å². The first-order valence-electron chi connectivity index (χ1n) is 7.13. The fourth-order valence-corrected chi connectivity index (χ4v) is 2.81. The summed E-state index contributed by atoms with van der Waals surface area (Å²) >= 11 is 6.02. The highest BCUT2D eigenvalue weighted by molar-refractivity contribution is 6.31. The van der Waals surface area contributed by atoms with Crippen molar-refractivity contribution in [2.45, 2.75) is 13.5 Å². The second-order valence-electron chi connectivity index (χ2n) is 5.47. The van der Waals surface area contributed by atoms with Crippen LogP contribution >= 0.6 is 11.6 Å². The summed E-state index contributed by atoms with van der Waals surface area (Å²) in [5.41, 5.74) is 4.40. The lowest BCUT2D eigenvalue weighted by Gasteiger charge is -2.18. The molecule has 0 aliphatic rings. The molecule has 7 nitrogen and oxygen atoms in total. The van der Waals surface area contributed by atoms with E-state index < -0.39 is 0 Å². The molecule has 0 fully saturated rings. The number of nitrogens with one attached hydrogen (secondary N) is 1. The molecule has 4 aromatic rings. The number of aromatic amines is 1. The molecule has 0 amide bonds. The monoisotopic (exact) mass is 327 g/mol. The highest BCUT2D eigenvalue weighted by Crippen LogP contribution is 2.22. The second kappa shape index (κ2) is 5.20. The zero-order chi connectivity index (χ0) is 16.0. The molecular weight excluding hydrogens is 314 g/mol. The summed E-state index contributed by atoms with van der Waals surface area (Å²) in [6.45, 7) is 2.55. The normalized spacial score (nSPS) is 11.4. The Morgan fingerprint density at radius 3 is 3.04 bits per heavy atom. The largest absolute Gasteiger partial charge is 0.364 e. The highest BCUT2D eigenvalue weighted by atomic mass is 35.5. The van der Waals surface area contributed by atoms with Crippen LogP contribution in [0.15, 0.2) is 30.6 Å². The number of aromatic nitrogens is 6. The average molecular weight is 328 g/mol. The maximum Gasteiger partial charge on any atom is 0.200 e. The first-order valence-corrected chi connectivity index (χ1v) is 7.51. The minimum Gasteiger partial charge on any atom is -0.364 e. The Morgan fingerprint density at radius 1 is 1.30 bits per heavy atom. The smallest absolute Gasteiger partial charge is 0.200 e. The van der Waals surface area contributed by atoms with E-state index in [1.165, 1.54) is 0 Å². The van der Waals surface area contributed by atoms with E-state index in [-0.39, 0.29) is 0 Å². The molecule has 0 spiro atoms. The van der Waals surface area contributed by atoms with Crippen molar-refractivity contribution in [2.75, 3.05) is 11.9 Å². The summed E-state index contributed by atoms with van der Waals surface area (Å²) in [6.07, 6.45) is 1.60. The number of nitrogens with zero attached hydrogens (tertiary/aromatic N) is 6. The number of rotatable bonds is 3. The van der Waals surface area contributed by atoms with Crippen molar-refractivity contribution in [2.24, 2.45) is 0 Å². The number of anilines is 1. The molecule has 3 heterocycles. The van der Waals surface area contributed by atoms with Crippen LogP contribution in [0.2, 0.25) is 5.02 Å². The maximum atomic E-state index is 6.02. The van der Waals surface area contributed by atoms with Gasteiger partial charge in [-0.3, -0.25) is 0 Å². The molecule has 0 aliphatic carbocycles. The molecule has 1 N–H and O–H groups in total. The van der Waals surface area contributed by atoms with Crippen molar-refractivity contribution in [1.29, 1.82) is 0 Å². The van der Waals surface area contributed by atoms with Crippen LogP contribution in [0.4, 0.5) is 5.69 Å². The molecule has 116 valence electrons. The van der Waals surface area contributed by atoms with E-state index in [1.54, 1.807) is 10.8 Å². The van der Waals surface area contributed by atoms with Crippen molar-refractivity contribution in [3.05, 3.63) is 47.1 Å². The van der Waals surface area contributed by atoms with Gasteiger partial charge in [0.05, 0.1) is 29.0 Å². The minimum atomic E-state index is 0.609. The van der Waals surface area contributed by atoms with E-state index >= 15 is 0 Å². The van der Waals surface area contributed by atoms with Gasteiger partial charge in [0.1, 0.15) is 12.2 Å². The van der Waals surface area contributed by atoms with Gasteiger partial charge in [-0.05, 0) is 31.2 Å². The Bertz CT molecular complexity index is 1000. The summed E-state index contributed by atoms with van der Waals surface area (Å²) in [5, 5.41) is 13.1. The number of hydrogen-bond donors (Lipinski definition) is 1. The van der Waals surface area contributed by atoms with Crippen LogP contribution in [0.3, 0.4) is 0 Å². The number of benzene rings is 1. The molecule has 0 unspecified atom stereocenters. The Morgan fingerprint density at radius 2 is 2.17 bits per heavy atom. The number of H-pyrrole nitrogens is 1. The molecule has 4 rings (SSSR count). The zero-order valence-electron chi connectivity index (χ0n) is 12.7. The lowest BCUT2D eigenvalue weighted by atomic mass is 10.3. The SMILES string of the molecule is Cc1cc(N(C)Cc2nc3ccc(Cl)cc3[nH]2)c2nncn2n1. The molecule has 8 heteroatoms. The fraction of sp³-hybridized carbons (Fsp3) is 0.200. The van der Waals surface area contributed by atoms with E-state index in [1.807, 2.05) is 38.2 Å². The predicted molar refractivity (Wildman–Crippen MR) is 88.7 cm³/mol. The summed E-state index contributed by atoms with van der Waals surface area (Å²) in [4.78, 5) is 9.96. The number of halogens is 1. The van der Waals surface area contributed by atoms with Crippen molar-refractivity contribution in [1.82, 2.24) is 29.8 Å². The van der Waals surface area contributed by atoms with Gasteiger partial charge < -0.3 is 9.88 Å². The lowest BCUT2D eigenvalue weighted by molar-refractivity contribution is 0.841. The highest BCUT2D eigenvalue weighted by Gasteiger charge is 2.13. The molecule has 0 aliphatic heterocycles. The fourth-order valence-electron chi connectivity index (χ4n) is 2.63. The van der Waals surface area contributed by atoms with Gasteiger partial charge in [-0.1, -0.05) is 11.6 Å². The van der Waals surface area contributed by atoms with E-state index in [0.717, 1.165) is 33.9 Å². The topological polar surface area (TPSA) is 75.0 Å². The first-order chi connectivity index (χ1) is 11.1. The lowest BCUT2D eigenvalue weighted by Crippen LogP contribution is -2.19. The van der Waals surface area contributed by atoms with Gasteiger partial charge in [0.25, 0.3) is 0 Å². The van der Waals surface area contributed by atoms with Crippen LogP contribution in [0, 0.1) is 6.92 Å². The first kappa shape index (κ1) is 14.0. The van der Waals surface area contributed by atoms with Crippen LogP contribution in [0.5, 0.6) is 0 Å². The van der Waals surface area contributed by atoms with E-state index in [0.29, 0.717) is 11.6 Å². The van der Waals surface area contributed by atoms with E-state index in [4.69, 9.17) is 11.6 Å². The van der Waals surface area contributed by atoms with Gasteiger partial charge in [-0.15, -0.1) is 10.2 Å². The molecule has 1 aromatic carbocycles. The van der Waals surface area contributed by atoms with Crippen LogP contribution in [0.25, 0.3) is 16.7 Å². The number of hydrogen-bond acceptors (Lipinski definition) is 5. The third kappa shape index (κ3) is 2.49.